The number of amides is 1. The molecule has 1 aromatic carbocycles. The van der Waals surface area contributed by atoms with Crippen LogP contribution in [0.25, 0.3) is 0 Å². The molecule has 3 nitrogen and oxygen atoms in total. The standard InChI is InChI=1S/C16H26N2O/c1-4-5-6-7-8-11-17-16-12-15(18-14(3)19)10-9-13(16)2/h9-10,12,17H,4-8,11H2,1-3H3,(H,18,19). The van der Waals surface area contributed by atoms with Crippen molar-refractivity contribution in [2.75, 3.05) is 17.2 Å². The quantitative estimate of drug-likeness (QED) is 0.684. The van der Waals surface area contributed by atoms with Gasteiger partial charge in [-0.15, -0.1) is 0 Å². The van der Waals surface area contributed by atoms with Gasteiger partial charge in [-0.25, -0.2) is 0 Å². The Bertz CT molecular complexity index is 402. The third-order valence-corrected chi connectivity index (χ3v) is 3.15. The van der Waals surface area contributed by atoms with Crippen LogP contribution in [0.5, 0.6) is 0 Å². The smallest absolute Gasteiger partial charge is 0.221 e. The summed E-state index contributed by atoms with van der Waals surface area (Å²) in [4.78, 5) is 11.0. The van der Waals surface area contributed by atoms with Gasteiger partial charge in [-0.05, 0) is 31.0 Å². The van der Waals surface area contributed by atoms with Crippen molar-refractivity contribution in [1.82, 2.24) is 0 Å². The SMILES string of the molecule is CCCCCCCNc1cc(NC(C)=O)ccc1C. The molecule has 0 atom stereocenters. The highest BCUT2D eigenvalue weighted by atomic mass is 16.1. The van der Waals surface area contributed by atoms with Gasteiger partial charge in [-0.3, -0.25) is 4.79 Å². The Balaban J connectivity index is 2.41. The third-order valence-electron chi connectivity index (χ3n) is 3.15. The zero-order valence-corrected chi connectivity index (χ0v) is 12.4. The van der Waals surface area contributed by atoms with Crippen molar-refractivity contribution in [3.63, 3.8) is 0 Å². The molecule has 0 aliphatic heterocycles. The minimum absolute atomic E-state index is 0.0330. The zero-order chi connectivity index (χ0) is 14.1. The van der Waals surface area contributed by atoms with Crippen LogP contribution in [0.2, 0.25) is 0 Å². The first-order chi connectivity index (χ1) is 9.13. The molecule has 1 amide bonds. The Morgan fingerprint density at radius 3 is 2.58 bits per heavy atom. The van der Waals surface area contributed by atoms with E-state index in [1.54, 1.807) is 0 Å². The number of anilines is 2. The second-order valence-electron chi connectivity index (χ2n) is 5.05. The van der Waals surface area contributed by atoms with Crippen molar-refractivity contribution in [2.45, 2.75) is 52.9 Å². The van der Waals surface area contributed by atoms with Crippen molar-refractivity contribution in [1.29, 1.82) is 0 Å². The summed E-state index contributed by atoms with van der Waals surface area (Å²) in [6.07, 6.45) is 6.42. The van der Waals surface area contributed by atoms with Gasteiger partial charge in [0.25, 0.3) is 0 Å². The van der Waals surface area contributed by atoms with Gasteiger partial charge in [-0.1, -0.05) is 38.7 Å². The largest absolute Gasteiger partial charge is 0.385 e. The molecule has 0 heterocycles. The Hall–Kier alpha value is -1.51. The summed E-state index contributed by atoms with van der Waals surface area (Å²) < 4.78 is 0. The Morgan fingerprint density at radius 2 is 1.89 bits per heavy atom. The Kier molecular flexibility index (Phi) is 7.01. The van der Waals surface area contributed by atoms with Crippen LogP contribution in [-0.2, 0) is 4.79 Å². The van der Waals surface area contributed by atoms with Crippen molar-refractivity contribution >= 4 is 17.3 Å². The molecule has 19 heavy (non-hydrogen) atoms. The summed E-state index contributed by atoms with van der Waals surface area (Å²) in [6, 6.07) is 5.97. The molecule has 0 unspecified atom stereocenters. The maximum absolute atomic E-state index is 11.0. The van der Waals surface area contributed by atoms with Crippen LogP contribution in [0.15, 0.2) is 18.2 Å². The lowest BCUT2D eigenvalue weighted by molar-refractivity contribution is -0.114. The zero-order valence-electron chi connectivity index (χ0n) is 12.4. The molecule has 2 N–H and O–H groups in total. The number of carbonyl (C=O) groups excluding carboxylic acids is 1. The number of hydrogen-bond acceptors (Lipinski definition) is 2. The summed E-state index contributed by atoms with van der Waals surface area (Å²) in [6.45, 7) is 6.83. The van der Waals surface area contributed by atoms with Crippen LogP contribution in [0.1, 0.15) is 51.5 Å². The van der Waals surface area contributed by atoms with Crippen LogP contribution in [0.4, 0.5) is 11.4 Å². The molecular weight excluding hydrogens is 236 g/mol. The van der Waals surface area contributed by atoms with E-state index >= 15 is 0 Å². The lowest BCUT2D eigenvalue weighted by atomic mass is 10.1. The molecule has 3 heteroatoms. The summed E-state index contributed by atoms with van der Waals surface area (Å²) >= 11 is 0. The summed E-state index contributed by atoms with van der Waals surface area (Å²) in [7, 11) is 0. The monoisotopic (exact) mass is 262 g/mol. The van der Waals surface area contributed by atoms with Crippen molar-refractivity contribution < 1.29 is 4.79 Å². The van der Waals surface area contributed by atoms with E-state index in [-0.39, 0.29) is 5.91 Å². The predicted octanol–water partition coefficient (Wildman–Crippen LogP) is 4.34. The fraction of sp³-hybridized carbons (Fsp3) is 0.562. The minimum Gasteiger partial charge on any atom is -0.385 e. The minimum atomic E-state index is -0.0330. The molecule has 1 rings (SSSR count). The van der Waals surface area contributed by atoms with E-state index in [2.05, 4.69) is 24.5 Å². The maximum Gasteiger partial charge on any atom is 0.221 e. The van der Waals surface area contributed by atoms with Gasteiger partial charge in [0.15, 0.2) is 0 Å². The molecular formula is C16H26N2O. The predicted molar refractivity (Wildman–Crippen MR) is 82.7 cm³/mol. The molecule has 0 saturated carbocycles. The summed E-state index contributed by atoms with van der Waals surface area (Å²) in [5.74, 6) is -0.0330. The molecule has 0 bridgehead atoms. The van der Waals surface area contributed by atoms with Gasteiger partial charge >= 0.3 is 0 Å². The highest BCUT2D eigenvalue weighted by Crippen LogP contribution is 2.20. The van der Waals surface area contributed by atoms with Crippen LogP contribution < -0.4 is 10.6 Å². The average Bonchev–Trinajstić information content (AvgIpc) is 2.36. The van der Waals surface area contributed by atoms with Gasteiger partial charge < -0.3 is 10.6 Å². The van der Waals surface area contributed by atoms with Gasteiger partial charge in [0.1, 0.15) is 0 Å². The first-order valence-electron chi connectivity index (χ1n) is 7.25. The van der Waals surface area contributed by atoms with Gasteiger partial charge in [0.05, 0.1) is 0 Å². The van der Waals surface area contributed by atoms with Crippen LogP contribution >= 0.6 is 0 Å². The average molecular weight is 262 g/mol. The highest BCUT2D eigenvalue weighted by molar-refractivity contribution is 5.89. The molecule has 0 spiro atoms. The van der Waals surface area contributed by atoms with Crippen molar-refractivity contribution in [3.8, 4) is 0 Å². The van der Waals surface area contributed by atoms with E-state index in [0.717, 1.165) is 17.9 Å². The molecule has 1 aromatic rings. The molecule has 0 fully saturated rings. The lowest BCUT2D eigenvalue weighted by Crippen LogP contribution is -2.07. The van der Waals surface area contributed by atoms with Gasteiger partial charge in [0.2, 0.25) is 5.91 Å². The molecule has 106 valence electrons. The van der Waals surface area contributed by atoms with Crippen LogP contribution in [-0.4, -0.2) is 12.5 Å². The molecule has 0 aromatic heterocycles. The highest BCUT2D eigenvalue weighted by Gasteiger charge is 2.01. The molecule has 0 aliphatic carbocycles. The van der Waals surface area contributed by atoms with Crippen molar-refractivity contribution in [2.24, 2.45) is 0 Å². The number of carbonyl (C=O) groups is 1. The van der Waals surface area contributed by atoms with Crippen molar-refractivity contribution in [3.05, 3.63) is 23.8 Å². The normalized spacial score (nSPS) is 10.3. The number of unbranched alkanes of at least 4 members (excludes halogenated alkanes) is 4. The summed E-state index contributed by atoms with van der Waals surface area (Å²) in [5.41, 5.74) is 3.18. The molecule has 0 radical (unpaired) electrons. The van der Waals surface area contributed by atoms with E-state index < -0.39 is 0 Å². The lowest BCUT2D eigenvalue weighted by Gasteiger charge is -2.11. The first-order valence-corrected chi connectivity index (χ1v) is 7.25. The van der Waals surface area contributed by atoms with E-state index in [1.807, 2.05) is 18.2 Å². The topological polar surface area (TPSA) is 41.1 Å². The number of benzene rings is 1. The molecule has 0 aliphatic rings. The Labute approximate surface area is 116 Å². The second-order valence-corrected chi connectivity index (χ2v) is 5.05. The van der Waals surface area contributed by atoms with E-state index in [9.17, 15) is 4.79 Å². The van der Waals surface area contributed by atoms with E-state index in [4.69, 9.17) is 0 Å². The Morgan fingerprint density at radius 1 is 1.16 bits per heavy atom. The van der Waals surface area contributed by atoms with E-state index in [1.165, 1.54) is 44.6 Å². The van der Waals surface area contributed by atoms with Gasteiger partial charge in [-0.2, -0.15) is 0 Å². The number of hydrogen-bond donors (Lipinski definition) is 2. The fourth-order valence-electron chi connectivity index (χ4n) is 2.05. The maximum atomic E-state index is 11.0. The number of nitrogens with one attached hydrogen (secondary N) is 2. The van der Waals surface area contributed by atoms with Crippen LogP contribution in [0.3, 0.4) is 0 Å². The van der Waals surface area contributed by atoms with Gasteiger partial charge in [0, 0.05) is 24.8 Å². The van der Waals surface area contributed by atoms with Crippen LogP contribution in [0, 0.1) is 6.92 Å². The second kappa shape index (κ2) is 8.57. The fourth-order valence-corrected chi connectivity index (χ4v) is 2.05. The number of aryl methyl sites for hydroxylation is 1. The number of rotatable bonds is 8. The van der Waals surface area contributed by atoms with E-state index in [0.29, 0.717) is 0 Å². The first kappa shape index (κ1) is 15.5. The third kappa shape index (κ3) is 6.27. The summed E-state index contributed by atoms with van der Waals surface area (Å²) in [5, 5.41) is 6.26. The molecule has 0 saturated heterocycles.